The van der Waals surface area contributed by atoms with Crippen LogP contribution in [0.5, 0.6) is 5.88 Å². The molecule has 0 bridgehead atoms. The van der Waals surface area contributed by atoms with E-state index in [2.05, 4.69) is 24.1 Å². The fourth-order valence-corrected chi connectivity index (χ4v) is 1.88. The Labute approximate surface area is 109 Å². The maximum absolute atomic E-state index is 5.72. The lowest BCUT2D eigenvalue weighted by Gasteiger charge is -2.11. The summed E-state index contributed by atoms with van der Waals surface area (Å²) < 4.78 is 11.0. The van der Waals surface area contributed by atoms with E-state index in [-0.39, 0.29) is 0 Å². The van der Waals surface area contributed by atoms with Crippen molar-refractivity contribution in [1.82, 2.24) is 10.3 Å². The van der Waals surface area contributed by atoms with Crippen LogP contribution in [0.25, 0.3) is 0 Å². The van der Waals surface area contributed by atoms with E-state index in [4.69, 9.17) is 9.47 Å². The number of hydrogen-bond donors (Lipinski definition) is 1. The van der Waals surface area contributed by atoms with E-state index in [0.717, 1.165) is 26.2 Å². The Morgan fingerprint density at radius 2 is 2.44 bits per heavy atom. The van der Waals surface area contributed by atoms with Crippen molar-refractivity contribution in [3.8, 4) is 5.88 Å². The summed E-state index contributed by atoms with van der Waals surface area (Å²) in [6.07, 6.45) is 2.90. The molecule has 1 atom stereocenters. The van der Waals surface area contributed by atoms with Crippen LogP contribution in [0.2, 0.25) is 0 Å². The Morgan fingerprint density at radius 3 is 3.17 bits per heavy atom. The predicted octanol–water partition coefficient (Wildman–Crippen LogP) is 1.99. The molecule has 1 aliphatic rings. The van der Waals surface area contributed by atoms with Crippen LogP contribution in [-0.2, 0) is 11.3 Å². The summed E-state index contributed by atoms with van der Waals surface area (Å²) in [6.45, 7) is 7.50. The maximum atomic E-state index is 5.72. The monoisotopic (exact) mass is 250 g/mol. The quantitative estimate of drug-likeness (QED) is 0.838. The highest BCUT2D eigenvalue weighted by molar-refractivity contribution is 5.20. The van der Waals surface area contributed by atoms with Crippen LogP contribution >= 0.6 is 0 Å². The molecule has 1 N–H and O–H groups in total. The third-order valence-electron chi connectivity index (χ3n) is 3.00. The van der Waals surface area contributed by atoms with Crippen molar-refractivity contribution in [3.63, 3.8) is 0 Å². The van der Waals surface area contributed by atoms with Gasteiger partial charge in [-0.1, -0.05) is 13.8 Å². The van der Waals surface area contributed by atoms with Crippen molar-refractivity contribution in [3.05, 3.63) is 23.9 Å². The molecule has 18 heavy (non-hydrogen) atoms. The van der Waals surface area contributed by atoms with Crippen LogP contribution in [0.3, 0.4) is 0 Å². The molecule has 1 unspecified atom stereocenters. The average molecular weight is 250 g/mol. The van der Waals surface area contributed by atoms with Crippen LogP contribution in [0.1, 0.15) is 25.8 Å². The number of nitrogens with zero attached hydrogens (tertiary/aromatic N) is 1. The predicted molar refractivity (Wildman–Crippen MR) is 70.6 cm³/mol. The molecule has 1 aromatic heterocycles. The first-order valence-corrected chi connectivity index (χ1v) is 6.63. The lowest BCUT2D eigenvalue weighted by atomic mass is 10.1. The fraction of sp³-hybridized carbons (Fsp3) is 0.643. The zero-order chi connectivity index (χ0) is 12.8. The second-order valence-corrected chi connectivity index (χ2v) is 5.08. The lowest BCUT2D eigenvalue weighted by molar-refractivity contribution is 0.165. The van der Waals surface area contributed by atoms with E-state index < -0.39 is 0 Å². The highest BCUT2D eigenvalue weighted by atomic mass is 16.5. The Kier molecular flexibility index (Phi) is 4.96. The van der Waals surface area contributed by atoms with Crippen molar-refractivity contribution < 1.29 is 9.47 Å². The molecular weight excluding hydrogens is 228 g/mol. The van der Waals surface area contributed by atoms with E-state index in [1.54, 1.807) is 6.20 Å². The normalized spacial score (nSPS) is 19.4. The van der Waals surface area contributed by atoms with Gasteiger partial charge in [-0.3, -0.25) is 0 Å². The summed E-state index contributed by atoms with van der Waals surface area (Å²) in [6, 6.07) is 4.50. The second-order valence-electron chi connectivity index (χ2n) is 5.08. The molecule has 0 aliphatic carbocycles. The number of nitrogens with one attached hydrogen (secondary N) is 1. The number of hydrogen-bond acceptors (Lipinski definition) is 4. The minimum atomic E-state index is 0.484. The third-order valence-corrected chi connectivity index (χ3v) is 3.00. The third kappa shape index (κ3) is 4.27. The smallest absolute Gasteiger partial charge is 0.213 e. The van der Waals surface area contributed by atoms with Crippen LogP contribution in [0.4, 0.5) is 0 Å². The Bertz CT molecular complexity index is 363. The fourth-order valence-electron chi connectivity index (χ4n) is 1.88. The molecule has 1 saturated heterocycles. The van der Waals surface area contributed by atoms with Gasteiger partial charge < -0.3 is 14.8 Å². The van der Waals surface area contributed by atoms with Gasteiger partial charge in [0.05, 0.1) is 13.2 Å². The molecule has 0 amide bonds. The van der Waals surface area contributed by atoms with E-state index in [0.29, 0.717) is 24.4 Å². The Morgan fingerprint density at radius 1 is 1.56 bits per heavy atom. The average Bonchev–Trinajstić information content (AvgIpc) is 2.87. The molecule has 0 aromatic carbocycles. The van der Waals surface area contributed by atoms with Gasteiger partial charge in [-0.2, -0.15) is 0 Å². The molecule has 0 saturated carbocycles. The molecule has 100 valence electrons. The van der Waals surface area contributed by atoms with Crippen molar-refractivity contribution >= 4 is 0 Å². The van der Waals surface area contributed by atoms with Gasteiger partial charge in [0, 0.05) is 37.4 Å². The van der Waals surface area contributed by atoms with Gasteiger partial charge in [-0.05, 0) is 18.1 Å². The van der Waals surface area contributed by atoms with Gasteiger partial charge >= 0.3 is 0 Å². The highest BCUT2D eigenvalue weighted by Crippen LogP contribution is 2.15. The Hall–Kier alpha value is -1.13. The van der Waals surface area contributed by atoms with Crippen molar-refractivity contribution in [2.45, 2.75) is 32.9 Å². The minimum absolute atomic E-state index is 0.484. The van der Waals surface area contributed by atoms with E-state index in [9.17, 15) is 0 Å². The molecule has 1 aromatic rings. The van der Waals surface area contributed by atoms with Crippen molar-refractivity contribution in [2.75, 3.05) is 19.8 Å². The molecule has 4 nitrogen and oxygen atoms in total. The van der Waals surface area contributed by atoms with Gasteiger partial charge in [-0.25, -0.2) is 4.98 Å². The molecule has 1 fully saturated rings. The SMILES string of the molecule is CC(C)NCc1ccnc(OCC2CCOC2)c1. The van der Waals surface area contributed by atoms with Crippen LogP contribution in [0, 0.1) is 5.92 Å². The van der Waals surface area contributed by atoms with Crippen molar-refractivity contribution in [1.29, 1.82) is 0 Å². The largest absolute Gasteiger partial charge is 0.477 e. The molecule has 4 heteroatoms. The van der Waals surface area contributed by atoms with E-state index >= 15 is 0 Å². The minimum Gasteiger partial charge on any atom is -0.477 e. The summed E-state index contributed by atoms with van der Waals surface area (Å²) in [4.78, 5) is 4.24. The summed E-state index contributed by atoms with van der Waals surface area (Å²) in [5.74, 6) is 1.23. The molecule has 2 heterocycles. The summed E-state index contributed by atoms with van der Waals surface area (Å²) >= 11 is 0. The summed E-state index contributed by atoms with van der Waals surface area (Å²) in [7, 11) is 0. The standard InChI is InChI=1S/C14H22N2O2/c1-11(2)16-8-12-3-5-15-14(7-12)18-10-13-4-6-17-9-13/h3,5,7,11,13,16H,4,6,8-10H2,1-2H3. The molecule has 0 spiro atoms. The van der Waals surface area contributed by atoms with Crippen LogP contribution in [-0.4, -0.2) is 30.8 Å². The molecule has 2 rings (SSSR count). The number of rotatable bonds is 6. The van der Waals surface area contributed by atoms with Gasteiger partial charge in [0.25, 0.3) is 0 Å². The zero-order valence-corrected chi connectivity index (χ0v) is 11.2. The first-order valence-electron chi connectivity index (χ1n) is 6.63. The summed E-state index contributed by atoms with van der Waals surface area (Å²) in [5, 5.41) is 3.38. The van der Waals surface area contributed by atoms with Crippen LogP contribution in [0.15, 0.2) is 18.3 Å². The van der Waals surface area contributed by atoms with E-state index in [1.807, 2.05) is 12.1 Å². The topological polar surface area (TPSA) is 43.4 Å². The number of ether oxygens (including phenoxy) is 2. The first kappa shape index (κ1) is 13.3. The van der Waals surface area contributed by atoms with Gasteiger partial charge in [0.2, 0.25) is 5.88 Å². The van der Waals surface area contributed by atoms with Gasteiger partial charge in [0.1, 0.15) is 0 Å². The van der Waals surface area contributed by atoms with E-state index in [1.165, 1.54) is 5.56 Å². The van der Waals surface area contributed by atoms with Gasteiger partial charge in [0.15, 0.2) is 0 Å². The number of aromatic nitrogens is 1. The maximum Gasteiger partial charge on any atom is 0.213 e. The Balaban J connectivity index is 1.82. The molecule has 1 aliphatic heterocycles. The zero-order valence-electron chi connectivity index (χ0n) is 11.2. The second kappa shape index (κ2) is 6.71. The lowest BCUT2D eigenvalue weighted by Crippen LogP contribution is -2.21. The van der Waals surface area contributed by atoms with Crippen molar-refractivity contribution in [2.24, 2.45) is 5.92 Å². The summed E-state index contributed by atoms with van der Waals surface area (Å²) in [5.41, 5.74) is 1.20. The molecule has 0 radical (unpaired) electrons. The first-order chi connectivity index (χ1) is 8.74. The molecular formula is C14H22N2O2. The van der Waals surface area contributed by atoms with Gasteiger partial charge in [-0.15, -0.1) is 0 Å². The number of pyridine rings is 1. The van der Waals surface area contributed by atoms with Crippen LogP contribution < -0.4 is 10.1 Å². The highest BCUT2D eigenvalue weighted by Gasteiger charge is 2.16.